The minimum absolute atomic E-state index is 0.0840. The van der Waals surface area contributed by atoms with Crippen LogP contribution >= 0.6 is 58.0 Å². The monoisotopic (exact) mass is 703 g/mol. The summed E-state index contributed by atoms with van der Waals surface area (Å²) in [5, 5.41) is 6.73. The van der Waals surface area contributed by atoms with Gasteiger partial charge in [-0.1, -0.05) is 40.9 Å². The Bertz CT molecular complexity index is 1620. The number of nitrogens with one attached hydrogen (secondary N) is 3. The van der Waals surface area contributed by atoms with Crippen LogP contribution in [-0.2, 0) is 14.3 Å². The van der Waals surface area contributed by atoms with Crippen molar-refractivity contribution >= 4 is 92.8 Å². The SMILES string of the molecule is O=C(COC(F)(F)F)Nc1c(F)ccc(NC(=O)c2cc(NC(=O)C3[C@H](c4ccc(Cl)c(Cl)c4)C3(Cl)Cl)ccc2Cl)c1F. The third-order valence-corrected chi connectivity index (χ3v) is 8.10. The molecule has 3 amide bonds. The van der Waals surface area contributed by atoms with Gasteiger partial charge in [0, 0.05) is 11.6 Å². The second-order valence-electron chi connectivity index (χ2n) is 9.01. The summed E-state index contributed by atoms with van der Waals surface area (Å²) < 4.78 is 67.4. The number of benzene rings is 3. The van der Waals surface area contributed by atoms with Gasteiger partial charge in [0.15, 0.2) is 5.82 Å². The summed E-state index contributed by atoms with van der Waals surface area (Å²) in [6.45, 7) is -1.57. The molecule has 1 aliphatic rings. The quantitative estimate of drug-likeness (QED) is 0.163. The van der Waals surface area contributed by atoms with Crippen LogP contribution < -0.4 is 16.0 Å². The number of rotatable bonds is 8. The third kappa shape index (κ3) is 7.62. The van der Waals surface area contributed by atoms with Crippen LogP contribution in [0.5, 0.6) is 0 Å². The Labute approximate surface area is 264 Å². The molecule has 3 aromatic rings. The smallest absolute Gasteiger partial charge is 0.326 e. The predicted octanol–water partition coefficient (Wildman–Crippen LogP) is 8.18. The van der Waals surface area contributed by atoms with E-state index in [-0.39, 0.29) is 21.3 Å². The van der Waals surface area contributed by atoms with Crippen LogP contribution in [-0.4, -0.2) is 35.0 Å². The number of hydrogen-bond donors (Lipinski definition) is 3. The topological polar surface area (TPSA) is 96.5 Å². The van der Waals surface area contributed by atoms with Crippen molar-refractivity contribution in [2.24, 2.45) is 5.92 Å². The van der Waals surface area contributed by atoms with Gasteiger partial charge in [-0.2, -0.15) is 0 Å². The van der Waals surface area contributed by atoms with Crippen molar-refractivity contribution in [2.75, 3.05) is 22.6 Å². The van der Waals surface area contributed by atoms with E-state index < -0.39 is 69.9 Å². The van der Waals surface area contributed by atoms with E-state index in [1.807, 2.05) is 0 Å². The van der Waals surface area contributed by atoms with Crippen LogP contribution in [0.15, 0.2) is 48.5 Å². The maximum absolute atomic E-state index is 14.9. The standard InChI is InChI=1S/C26H15Cl5F5N3O4/c27-13-4-2-11(37-24(42)20-19(25(20,30)31)10-1-3-14(28)15(29)7-10)8-12(13)23(41)38-17-6-5-16(32)22(21(17)33)39-18(40)9-43-26(34,35)36/h1-8,19-20H,9H2,(H,37,42)(H,38,41)(H,39,40)/t19-,20?/m0/s1. The molecule has 2 atom stereocenters. The first kappa shape index (κ1) is 33.0. The number of amides is 3. The summed E-state index contributed by atoms with van der Waals surface area (Å²) in [5.41, 5.74) is -1.39. The minimum atomic E-state index is -5.15. The van der Waals surface area contributed by atoms with Crippen LogP contribution in [0.2, 0.25) is 15.1 Å². The second-order valence-corrected chi connectivity index (χ2v) is 11.7. The Morgan fingerprint density at radius 2 is 1.53 bits per heavy atom. The molecule has 3 N–H and O–H groups in total. The highest BCUT2D eigenvalue weighted by atomic mass is 35.5. The highest BCUT2D eigenvalue weighted by Gasteiger charge is 2.67. The minimum Gasteiger partial charge on any atom is -0.326 e. The Hall–Kier alpha value is -2.87. The highest BCUT2D eigenvalue weighted by molar-refractivity contribution is 6.53. The van der Waals surface area contributed by atoms with E-state index in [1.54, 1.807) is 11.4 Å². The van der Waals surface area contributed by atoms with Gasteiger partial charge < -0.3 is 16.0 Å². The van der Waals surface area contributed by atoms with Gasteiger partial charge in [0.25, 0.3) is 11.8 Å². The van der Waals surface area contributed by atoms with Crippen molar-refractivity contribution in [3.8, 4) is 0 Å². The van der Waals surface area contributed by atoms with E-state index in [0.717, 1.165) is 12.1 Å². The number of ether oxygens (including phenoxy) is 1. The Balaban J connectivity index is 1.48. The van der Waals surface area contributed by atoms with Crippen LogP contribution in [0.3, 0.4) is 0 Å². The van der Waals surface area contributed by atoms with Crippen LogP contribution in [0.4, 0.5) is 39.0 Å². The summed E-state index contributed by atoms with van der Waals surface area (Å²) in [6.07, 6.45) is -5.15. The molecule has 1 saturated carbocycles. The van der Waals surface area contributed by atoms with Gasteiger partial charge in [0.05, 0.1) is 32.2 Å². The summed E-state index contributed by atoms with van der Waals surface area (Å²) in [7, 11) is 0. The van der Waals surface area contributed by atoms with E-state index >= 15 is 0 Å². The molecule has 0 aliphatic heterocycles. The van der Waals surface area contributed by atoms with E-state index in [9.17, 15) is 36.3 Å². The third-order valence-electron chi connectivity index (χ3n) is 6.09. The van der Waals surface area contributed by atoms with Crippen molar-refractivity contribution in [1.82, 2.24) is 0 Å². The van der Waals surface area contributed by atoms with E-state index in [1.165, 1.54) is 24.3 Å². The van der Waals surface area contributed by atoms with Crippen molar-refractivity contribution in [3.63, 3.8) is 0 Å². The molecule has 7 nitrogen and oxygen atoms in total. The number of hydrogen-bond acceptors (Lipinski definition) is 4. The molecule has 0 radical (unpaired) electrons. The first-order valence-electron chi connectivity index (χ1n) is 11.7. The molecule has 0 bridgehead atoms. The molecule has 228 valence electrons. The predicted molar refractivity (Wildman–Crippen MR) is 152 cm³/mol. The van der Waals surface area contributed by atoms with Gasteiger partial charge in [-0.05, 0) is 48.0 Å². The number of anilines is 3. The first-order valence-corrected chi connectivity index (χ1v) is 13.6. The second kappa shape index (κ2) is 12.6. The molecule has 0 saturated heterocycles. The fraction of sp³-hybridized carbons (Fsp3) is 0.192. The number of carbonyl (C=O) groups is 3. The van der Waals surface area contributed by atoms with Gasteiger partial charge in [0.1, 0.15) is 22.4 Å². The molecular formula is C26H15Cl5F5N3O4. The van der Waals surface area contributed by atoms with Crippen LogP contribution in [0.1, 0.15) is 21.8 Å². The maximum Gasteiger partial charge on any atom is 0.523 e. The average Bonchev–Trinajstić information content (AvgIpc) is 3.50. The first-order chi connectivity index (χ1) is 20.0. The summed E-state index contributed by atoms with van der Waals surface area (Å²) >= 11 is 30.9. The zero-order valence-corrected chi connectivity index (χ0v) is 24.7. The van der Waals surface area contributed by atoms with E-state index in [2.05, 4.69) is 15.4 Å². The average molecular weight is 706 g/mol. The molecule has 1 aliphatic carbocycles. The zero-order chi connectivity index (χ0) is 31.9. The largest absolute Gasteiger partial charge is 0.523 e. The number of alkyl halides is 5. The summed E-state index contributed by atoms with van der Waals surface area (Å²) in [5.74, 6) is -7.52. The maximum atomic E-state index is 14.9. The molecule has 3 aromatic carbocycles. The molecular weight excluding hydrogens is 691 g/mol. The molecule has 1 fully saturated rings. The zero-order valence-electron chi connectivity index (χ0n) is 20.9. The lowest BCUT2D eigenvalue weighted by Gasteiger charge is -2.14. The summed E-state index contributed by atoms with van der Waals surface area (Å²) in [6, 6.07) is 9.94. The Kier molecular flexibility index (Phi) is 9.70. The normalized spacial score (nSPS) is 17.3. The highest BCUT2D eigenvalue weighted by Crippen LogP contribution is 2.65. The molecule has 43 heavy (non-hydrogen) atoms. The molecule has 17 heteroatoms. The van der Waals surface area contributed by atoms with Gasteiger partial charge in [-0.3, -0.25) is 19.1 Å². The van der Waals surface area contributed by atoms with Crippen LogP contribution in [0.25, 0.3) is 0 Å². The van der Waals surface area contributed by atoms with E-state index in [4.69, 9.17) is 58.0 Å². The molecule has 0 spiro atoms. The van der Waals surface area contributed by atoms with Crippen molar-refractivity contribution in [2.45, 2.75) is 16.6 Å². The van der Waals surface area contributed by atoms with Crippen molar-refractivity contribution in [3.05, 3.63) is 86.4 Å². The molecule has 0 heterocycles. The lowest BCUT2D eigenvalue weighted by atomic mass is 10.1. The number of carbonyl (C=O) groups excluding carboxylic acids is 3. The lowest BCUT2D eigenvalue weighted by molar-refractivity contribution is -0.320. The van der Waals surface area contributed by atoms with E-state index in [0.29, 0.717) is 16.7 Å². The Morgan fingerprint density at radius 1 is 0.860 bits per heavy atom. The Morgan fingerprint density at radius 3 is 2.19 bits per heavy atom. The van der Waals surface area contributed by atoms with Crippen LogP contribution in [0, 0.1) is 17.6 Å². The number of halogens is 10. The van der Waals surface area contributed by atoms with Gasteiger partial charge in [-0.15, -0.1) is 36.4 Å². The molecule has 1 unspecified atom stereocenters. The van der Waals surface area contributed by atoms with Gasteiger partial charge in [0.2, 0.25) is 5.91 Å². The molecule has 4 rings (SSSR count). The lowest BCUT2D eigenvalue weighted by Crippen LogP contribution is -2.25. The van der Waals surface area contributed by atoms with Crippen molar-refractivity contribution in [1.29, 1.82) is 0 Å². The van der Waals surface area contributed by atoms with Gasteiger partial charge >= 0.3 is 6.36 Å². The molecule has 0 aromatic heterocycles. The fourth-order valence-corrected chi connectivity index (χ4v) is 5.38. The fourth-order valence-electron chi connectivity index (χ4n) is 4.05. The summed E-state index contributed by atoms with van der Waals surface area (Å²) in [4.78, 5) is 37.6. The van der Waals surface area contributed by atoms with Crippen molar-refractivity contribution < 1.29 is 41.1 Å². The van der Waals surface area contributed by atoms with Gasteiger partial charge in [-0.25, -0.2) is 8.78 Å².